The molecule has 0 aliphatic carbocycles. The largest absolute Gasteiger partial charge is 0.480 e. The number of fused-ring (bicyclic) bond motifs is 1. The lowest BCUT2D eigenvalue weighted by atomic mass is 10.3. The predicted molar refractivity (Wildman–Crippen MR) is 87.0 cm³/mol. The molecular formula is C14H18N2O4S2. The predicted octanol–water partition coefficient (Wildman–Crippen LogP) is 1.79. The summed E-state index contributed by atoms with van der Waals surface area (Å²) in [5, 5.41) is 9.50. The summed E-state index contributed by atoms with van der Waals surface area (Å²) in [6.07, 6.45) is 0. The fourth-order valence-corrected chi connectivity index (χ4v) is 4.17. The summed E-state index contributed by atoms with van der Waals surface area (Å²) >= 11 is 1.58. The van der Waals surface area contributed by atoms with Crippen LogP contribution < -0.4 is 0 Å². The number of thiazole rings is 1. The van der Waals surface area contributed by atoms with Gasteiger partial charge in [0.15, 0.2) is 9.84 Å². The number of hydrogen-bond acceptors (Lipinski definition) is 6. The monoisotopic (exact) mass is 342 g/mol. The van der Waals surface area contributed by atoms with E-state index in [2.05, 4.69) is 4.98 Å². The van der Waals surface area contributed by atoms with Gasteiger partial charge >= 0.3 is 5.97 Å². The van der Waals surface area contributed by atoms with Gasteiger partial charge in [0.1, 0.15) is 10.8 Å². The molecule has 1 aromatic carbocycles. The van der Waals surface area contributed by atoms with Gasteiger partial charge < -0.3 is 5.11 Å². The number of carbonyl (C=O) groups is 1. The Morgan fingerprint density at radius 3 is 2.73 bits per heavy atom. The SMILES string of the molecule is CC(c1nc2ccccc2s1)N(C)CCS(=O)(=O)CC(=O)O. The zero-order valence-electron chi connectivity index (χ0n) is 12.4. The van der Waals surface area contributed by atoms with Crippen LogP contribution in [0.4, 0.5) is 0 Å². The van der Waals surface area contributed by atoms with Crippen LogP contribution in [0.5, 0.6) is 0 Å². The van der Waals surface area contributed by atoms with E-state index >= 15 is 0 Å². The minimum atomic E-state index is -3.57. The van der Waals surface area contributed by atoms with Gasteiger partial charge in [-0.05, 0) is 26.1 Å². The maximum atomic E-state index is 11.6. The average molecular weight is 342 g/mol. The smallest absolute Gasteiger partial charge is 0.318 e. The molecule has 0 fully saturated rings. The number of sulfone groups is 1. The number of aliphatic carboxylic acids is 1. The van der Waals surface area contributed by atoms with Gasteiger partial charge in [-0.25, -0.2) is 13.4 Å². The second-order valence-corrected chi connectivity index (χ2v) is 8.41. The summed E-state index contributed by atoms with van der Waals surface area (Å²) < 4.78 is 24.3. The lowest BCUT2D eigenvalue weighted by Gasteiger charge is -2.22. The van der Waals surface area contributed by atoms with E-state index in [-0.39, 0.29) is 18.3 Å². The molecule has 0 spiro atoms. The van der Waals surface area contributed by atoms with Crippen molar-refractivity contribution < 1.29 is 18.3 Å². The van der Waals surface area contributed by atoms with Gasteiger partial charge in [-0.15, -0.1) is 11.3 Å². The van der Waals surface area contributed by atoms with Crippen LogP contribution in [-0.2, 0) is 14.6 Å². The molecule has 1 heterocycles. The topological polar surface area (TPSA) is 87.6 Å². The van der Waals surface area contributed by atoms with E-state index in [0.29, 0.717) is 0 Å². The highest BCUT2D eigenvalue weighted by Crippen LogP contribution is 2.28. The van der Waals surface area contributed by atoms with Gasteiger partial charge in [0.2, 0.25) is 0 Å². The fraction of sp³-hybridized carbons (Fsp3) is 0.429. The summed E-state index contributed by atoms with van der Waals surface area (Å²) in [6, 6.07) is 7.80. The highest BCUT2D eigenvalue weighted by atomic mass is 32.2. The highest BCUT2D eigenvalue weighted by molar-refractivity contribution is 7.92. The van der Waals surface area contributed by atoms with Crippen molar-refractivity contribution in [1.82, 2.24) is 9.88 Å². The summed E-state index contributed by atoms with van der Waals surface area (Å²) in [7, 11) is -1.76. The Kier molecular flexibility index (Phi) is 5.15. The lowest BCUT2D eigenvalue weighted by Crippen LogP contribution is -2.30. The van der Waals surface area contributed by atoms with E-state index in [9.17, 15) is 13.2 Å². The number of para-hydroxylation sites is 1. The molecule has 0 saturated carbocycles. The van der Waals surface area contributed by atoms with Crippen LogP contribution >= 0.6 is 11.3 Å². The van der Waals surface area contributed by atoms with Crippen LogP contribution in [0.1, 0.15) is 18.0 Å². The van der Waals surface area contributed by atoms with Crippen LogP contribution in [0, 0.1) is 0 Å². The molecular weight excluding hydrogens is 324 g/mol. The molecule has 0 amide bonds. The number of hydrogen-bond donors (Lipinski definition) is 1. The second kappa shape index (κ2) is 6.72. The van der Waals surface area contributed by atoms with Gasteiger partial charge in [0, 0.05) is 6.54 Å². The first-order valence-electron chi connectivity index (χ1n) is 6.76. The minimum absolute atomic E-state index is 0.0302. The van der Waals surface area contributed by atoms with Crippen molar-refractivity contribution in [2.45, 2.75) is 13.0 Å². The van der Waals surface area contributed by atoms with Gasteiger partial charge in [-0.2, -0.15) is 0 Å². The molecule has 0 aliphatic heterocycles. The first kappa shape index (κ1) is 16.9. The molecule has 2 aromatic rings. The molecule has 0 saturated heterocycles. The normalized spacial score (nSPS) is 13.6. The maximum absolute atomic E-state index is 11.6. The fourth-order valence-electron chi connectivity index (χ4n) is 1.99. The van der Waals surface area contributed by atoms with E-state index in [1.165, 1.54) is 0 Å². The first-order valence-corrected chi connectivity index (χ1v) is 9.40. The third kappa shape index (κ3) is 4.25. The van der Waals surface area contributed by atoms with Crippen molar-refractivity contribution in [3.8, 4) is 0 Å². The molecule has 22 heavy (non-hydrogen) atoms. The summed E-state index contributed by atoms with van der Waals surface area (Å²) in [5.74, 6) is -2.32. The molecule has 1 atom stereocenters. The Hall–Kier alpha value is -1.51. The lowest BCUT2D eigenvalue weighted by molar-refractivity contribution is -0.134. The molecule has 1 unspecified atom stereocenters. The van der Waals surface area contributed by atoms with Crippen LogP contribution in [0.3, 0.4) is 0 Å². The van der Waals surface area contributed by atoms with Gasteiger partial charge in [-0.3, -0.25) is 9.69 Å². The summed E-state index contributed by atoms with van der Waals surface area (Å²) in [5.41, 5.74) is 0.932. The number of carboxylic acid groups (broad SMARTS) is 1. The first-order chi connectivity index (χ1) is 10.3. The Labute approximate surface area is 133 Å². The van der Waals surface area contributed by atoms with E-state index in [0.717, 1.165) is 15.2 Å². The zero-order chi connectivity index (χ0) is 16.3. The van der Waals surface area contributed by atoms with Crippen molar-refractivity contribution >= 4 is 37.4 Å². The standard InChI is InChI=1S/C14H18N2O4S2/c1-10(14-15-11-5-3-4-6-12(11)21-14)16(2)7-8-22(19,20)9-13(17)18/h3-6,10H,7-9H2,1-2H3,(H,17,18). The van der Waals surface area contributed by atoms with Crippen LogP contribution in [0.15, 0.2) is 24.3 Å². The molecule has 1 aromatic heterocycles. The molecule has 1 N–H and O–H groups in total. The molecule has 0 radical (unpaired) electrons. The highest BCUT2D eigenvalue weighted by Gasteiger charge is 2.20. The van der Waals surface area contributed by atoms with Crippen molar-refractivity contribution in [1.29, 1.82) is 0 Å². The number of aromatic nitrogens is 1. The molecule has 8 heteroatoms. The minimum Gasteiger partial charge on any atom is -0.480 e. The number of rotatable bonds is 7. The Morgan fingerprint density at radius 2 is 2.09 bits per heavy atom. The van der Waals surface area contributed by atoms with Crippen LogP contribution in [0.25, 0.3) is 10.2 Å². The van der Waals surface area contributed by atoms with E-state index in [1.807, 2.05) is 43.1 Å². The average Bonchev–Trinajstić information content (AvgIpc) is 2.86. The van der Waals surface area contributed by atoms with E-state index in [4.69, 9.17) is 5.11 Å². The second-order valence-electron chi connectivity index (χ2n) is 5.16. The van der Waals surface area contributed by atoms with Gasteiger partial charge in [0.25, 0.3) is 0 Å². The van der Waals surface area contributed by atoms with Crippen molar-refractivity contribution in [3.63, 3.8) is 0 Å². The van der Waals surface area contributed by atoms with E-state index < -0.39 is 21.6 Å². The summed E-state index contributed by atoms with van der Waals surface area (Å²) in [4.78, 5) is 16.9. The number of nitrogens with zero attached hydrogens (tertiary/aromatic N) is 2. The van der Waals surface area contributed by atoms with Crippen molar-refractivity contribution in [2.24, 2.45) is 0 Å². The van der Waals surface area contributed by atoms with Gasteiger partial charge in [0.05, 0.1) is 22.0 Å². The van der Waals surface area contributed by atoms with Gasteiger partial charge in [-0.1, -0.05) is 12.1 Å². The zero-order valence-corrected chi connectivity index (χ0v) is 14.0. The summed E-state index contributed by atoms with van der Waals surface area (Å²) in [6.45, 7) is 2.23. The Balaban J connectivity index is 2.02. The molecule has 0 bridgehead atoms. The molecule has 2 rings (SSSR count). The van der Waals surface area contributed by atoms with Crippen molar-refractivity contribution in [3.05, 3.63) is 29.3 Å². The van der Waals surface area contributed by atoms with Crippen LogP contribution in [0.2, 0.25) is 0 Å². The van der Waals surface area contributed by atoms with Crippen LogP contribution in [-0.4, -0.2) is 54.5 Å². The molecule has 120 valence electrons. The molecule has 6 nitrogen and oxygen atoms in total. The van der Waals surface area contributed by atoms with E-state index in [1.54, 1.807) is 11.3 Å². The number of benzene rings is 1. The quantitative estimate of drug-likeness (QED) is 0.825. The van der Waals surface area contributed by atoms with Crippen molar-refractivity contribution in [2.75, 3.05) is 25.1 Å². The third-order valence-corrected chi connectivity index (χ3v) is 6.13. The Morgan fingerprint density at radius 1 is 1.41 bits per heavy atom. The third-order valence-electron chi connectivity index (χ3n) is 3.43. The Bertz CT molecular complexity index is 737. The maximum Gasteiger partial charge on any atom is 0.318 e. The molecule has 0 aliphatic rings. The number of carboxylic acids is 1.